The van der Waals surface area contributed by atoms with E-state index in [1.807, 2.05) is 11.0 Å². The molecule has 2 aromatic rings. The number of nitrogens with one attached hydrogen (secondary N) is 1. The summed E-state index contributed by atoms with van der Waals surface area (Å²) in [5.41, 5.74) is 3.77. The standard InChI is InChI=1S/C20H25N3O2/c1-15-14-25-11-10-23(15)13-20(24)22-8-6-16(7-9-22)18-12-21-19-5-3-2-4-17(18)19/h2-6,12,15,21H,7-11,13-14H2,1H3. The summed E-state index contributed by atoms with van der Waals surface area (Å²) in [6.07, 6.45) is 5.20. The number of aromatic amines is 1. The number of hydrogen-bond acceptors (Lipinski definition) is 3. The van der Waals surface area contributed by atoms with E-state index in [0.29, 0.717) is 19.1 Å². The summed E-state index contributed by atoms with van der Waals surface area (Å²) in [5.74, 6) is 0.225. The maximum atomic E-state index is 12.6. The Hall–Kier alpha value is -2.11. The fourth-order valence-electron chi connectivity index (χ4n) is 3.75. The van der Waals surface area contributed by atoms with Crippen molar-refractivity contribution in [3.8, 4) is 0 Å². The zero-order valence-corrected chi connectivity index (χ0v) is 14.7. The van der Waals surface area contributed by atoms with Gasteiger partial charge in [0.05, 0.1) is 19.8 Å². The third-order valence-corrected chi connectivity index (χ3v) is 5.34. The van der Waals surface area contributed by atoms with E-state index in [0.717, 1.165) is 32.7 Å². The number of rotatable bonds is 3. The molecule has 1 aromatic carbocycles. The van der Waals surface area contributed by atoms with E-state index >= 15 is 0 Å². The number of carbonyl (C=O) groups excluding carboxylic acids is 1. The Kier molecular flexibility index (Phi) is 4.59. The molecule has 0 radical (unpaired) electrons. The van der Waals surface area contributed by atoms with E-state index < -0.39 is 0 Å². The molecule has 0 spiro atoms. The molecule has 3 heterocycles. The van der Waals surface area contributed by atoms with Crippen LogP contribution in [0.1, 0.15) is 18.9 Å². The van der Waals surface area contributed by atoms with Crippen molar-refractivity contribution >= 4 is 22.4 Å². The van der Waals surface area contributed by atoms with Gasteiger partial charge in [-0.2, -0.15) is 0 Å². The average Bonchev–Trinajstić information content (AvgIpc) is 3.08. The van der Waals surface area contributed by atoms with E-state index in [1.165, 1.54) is 22.0 Å². The molecular weight excluding hydrogens is 314 g/mol. The molecule has 1 atom stereocenters. The smallest absolute Gasteiger partial charge is 0.237 e. The number of H-pyrrole nitrogens is 1. The van der Waals surface area contributed by atoms with Crippen LogP contribution in [0.2, 0.25) is 0 Å². The molecule has 0 aliphatic carbocycles. The summed E-state index contributed by atoms with van der Waals surface area (Å²) in [6.45, 7) is 6.41. The van der Waals surface area contributed by atoms with Crippen molar-refractivity contribution in [3.05, 3.63) is 42.1 Å². The predicted molar refractivity (Wildman–Crippen MR) is 99.3 cm³/mol. The fourth-order valence-corrected chi connectivity index (χ4v) is 3.75. The van der Waals surface area contributed by atoms with Gasteiger partial charge in [0.25, 0.3) is 0 Å². The predicted octanol–water partition coefficient (Wildman–Crippen LogP) is 2.50. The van der Waals surface area contributed by atoms with Crippen LogP contribution in [0.3, 0.4) is 0 Å². The minimum atomic E-state index is 0.225. The molecule has 2 aliphatic rings. The highest BCUT2D eigenvalue weighted by atomic mass is 16.5. The Balaban J connectivity index is 1.42. The van der Waals surface area contributed by atoms with Crippen LogP contribution in [-0.4, -0.2) is 66.1 Å². The number of morpholine rings is 1. The van der Waals surface area contributed by atoms with E-state index in [4.69, 9.17) is 4.74 Å². The summed E-state index contributed by atoms with van der Waals surface area (Å²) < 4.78 is 5.45. The third-order valence-electron chi connectivity index (χ3n) is 5.34. The fraction of sp³-hybridized carbons (Fsp3) is 0.450. The molecule has 0 saturated carbocycles. The zero-order chi connectivity index (χ0) is 17.2. The van der Waals surface area contributed by atoms with Crippen LogP contribution < -0.4 is 0 Å². The molecule has 0 bridgehead atoms. The second kappa shape index (κ2) is 7.02. The minimum absolute atomic E-state index is 0.225. The first kappa shape index (κ1) is 16.4. The quantitative estimate of drug-likeness (QED) is 0.935. The number of para-hydroxylation sites is 1. The highest BCUT2D eigenvalue weighted by Gasteiger charge is 2.25. The number of nitrogens with zero attached hydrogens (tertiary/aromatic N) is 2. The first-order valence-corrected chi connectivity index (χ1v) is 9.07. The maximum Gasteiger partial charge on any atom is 0.237 e. The molecule has 5 nitrogen and oxygen atoms in total. The molecule has 5 heteroatoms. The van der Waals surface area contributed by atoms with Crippen molar-refractivity contribution in [3.63, 3.8) is 0 Å². The lowest BCUT2D eigenvalue weighted by atomic mass is 9.99. The SMILES string of the molecule is CC1COCCN1CC(=O)N1CC=C(c2c[nH]c3ccccc23)CC1. The zero-order valence-electron chi connectivity index (χ0n) is 14.7. The third kappa shape index (κ3) is 3.34. The van der Waals surface area contributed by atoms with Gasteiger partial charge in [0, 0.05) is 48.3 Å². The molecule has 1 fully saturated rings. The lowest BCUT2D eigenvalue weighted by Crippen LogP contribution is -2.49. The molecule has 2 aliphatic heterocycles. The highest BCUT2D eigenvalue weighted by Crippen LogP contribution is 2.29. The van der Waals surface area contributed by atoms with Gasteiger partial charge in [-0.15, -0.1) is 0 Å². The molecule has 25 heavy (non-hydrogen) atoms. The minimum Gasteiger partial charge on any atom is -0.379 e. The second-order valence-electron chi connectivity index (χ2n) is 6.96. The van der Waals surface area contributed by atoms with Crippen molar-refractivity contribution in [2.75, 3.05) is 39.4 Å². The summed E-state index contributed by atoms with van der Waals surface area (Å²) in [4.78, 5) is 20.2. The molecule has 1 saturated heterocycles. The van der Waals surface area contributed by atoms with E-state index in [-0.39, 0.29) is 5.91 Å². The number of benzene rings is 1. The van der Waals surface area contributed by atoms with Crippen LogP contribution in [-0.2, 0) is 9.53 Å². The van der Waals surface area contributed by atoms with Crippen molar-refractivity contribution in [2.45, 2.75) is 19.4 Å². The van der Waals surface area contributed by atoms with Crippen LogP contribution in [0, 0.1) is 0 Å². The summed E-state index contributed by atoms with van der Waals surface area (Å²) in [7, 11) is 0. The first-order chi connectivity index (χ1) is 12.2. The van der Waals surface area contributed by atoms with Crippen LogP contribution in [0.25, 0.3) is 16.5 Å². The molecule has 4 rings (SSSR count). The molecule has 1 amide bonds. The summed E-state index contributed by atoms with van der Waals surface area (Å²) in [5, 5.41) is 1.26. The number of ether oxygens (including phenoxy) is 1. The second-order valence-corrected chi connectivity index (χ2v) is 6.96. The Bertz CT molecular complexity index is 795. The monoisotopic (exact) mass is 339 g/mol. The Morgan fingerprint density at radius 2 is 2.20 bits per heavy atom. The number of amides is 1. The van der Waals surface area contributed by atoms with Crippen molar-refractivity contribution in [2.24, 2.45) is 0 Å². The van der Waals surface area contributed by atoms with Crippen LogP contribution >= 0.6 is 0 Å². The molecule has 1 unspecified atom stereocenters. The van der Waals surface area contributed by atoms with E-state index in [2.05, 4.69) is 47.3 Å². The number of fused-ring (bicyclic) bond motifs is 1. The van der Waals surface area contributed by atoms with Crippen LogP contribution in [0.5, 0.6) is 0 Å². The van der Waals surface area contributed by atoms with Gasteiger partial charge in [-0.25, -0.2) is 0 Å². The lowest BCUT2D eigenvalue weighted by molar-refractivity contribution is -0.134. The largest absolute Gasteiger partial charge is 0.379 e. The maximum absolute atomic E-state index is 12.6. The Labute approximate surface area is 148 Å². The van der Waals surface area contributed by atoms with E-state index in [1.54, 1.807) is 0 Å². The van der Waals surface area contributed by atoms with Gasteiger partial charge in [-0.1, -0.05) is 24.3 Å². The van der Waals surface area contributed by atoms with Crippen LogP contribution in [0.15, 0.2) is 36.5 Å². The summed E-state index contributed by atoms with van der Waals surface area (Å²) >= 11 is 0. The van der Waals surface area contributed by atoms with Crippen molar-refractivity contribution in [1.82, 2.24) is 14.8 Å². The molecule has 1 N–H and O–H groups in total. The number of aromatic nitrogens is 1. The topological polar surface area (TPSA) is 48.6 Å². The van der Waals surface area contributed by atoms with Crippen LogP contribution in [0.4, 0.5) is 0 Å². The van der Waals surface area contributed by atoms with Crippen molar-refractivity contribution < 1.29 is 9.53 Å². The summed E-state index contributed by atoms with van der Waals surface area (Å²) in [6, 6.07) is 8.69. The van der Waals surface area contributed by atoms with Gasteiger partial charge in [0.15, 0.2) is 0 Å². The Morgan fingerprint density at radius 1 is 1.32 bits per heavy atom. The van der Waals surface area contributed by atoms with Gasteiger partial charge in [-0.05, 0) is 25.0 Å². The lowest BCUT2D eigenvalue weighted by Gasteiger charge is -2.35. The van der Waals surface area contributed by atoms with Gasteiger partial charge in [0.1, 0.15) is 0 Å². The molecule has 1 aromatic heterocycles. The Morgan fingerprint density at radius 3 is 3.00 bits per heavy atom. The van der Waals surface area contributed by atoms with Gasteiger partial charge < -0.3 is 14.6 Å². The average molecular weight is 339 g/mol. The van der Waals surface area contributed by atoms with Gasteiger partial charge in [-0.3, -0.25) is 9.69 Å². The van der Waals surface area contributed by atoms with Gasteiger partial charge >= 0.3 is 0 Å². The number of carbonyl (C=O) groups is 1. The van der Waals surface area contributed by atoms with E-state index in [9.17, 15) is 4.79 Å². The first-order valence-electron chi connectivity index (χ1n) is 9.07. The number of hydrogen-bond donors (Lipinski definition) is 1. The van der Waals surface area contributed by atoms with Crippen molar-refractivity contribution in [1.29, 1.82) is 0 Å². The van der Waals surface area contributed by atoms with Gasteiger partial charge in [0.2, 0.25) is 5.91 Å². The highest BCUT2D eigenvalue weighted by molar-refractivity contribution is 5.93. The molecule has 132 valence electrons. The molecular formula is C20H25N3O2. The normalized spacial score (nSPS) is 22.2.